The highest BCUT2D eigenvalue weighted by Gasteiger charge is 2.13. The van der Waals surface area contributed by atoms with Crippen LogP contribution in [-0.2, 0) is 4.74 Å². The van der Waals surface area contributed by atoms with Crippen molar-refractivity contribution in [2.75, 3.05) is 18.9 Å². The summed E-state index contributed by atoms with van der Waals surface area (Å²) in [4.78, 5) is 4.27. The van der Waals surface area contributed by atoms with E-state index in [9.17, 15) is 0 Å². The third-order valence-corrected chi connectivity index (χ3v) is 4.01. The Balaban J connectivity index is 1.47. The van der Waals surface area contributed by atoms with Gasteiger partial charge < -0.3 is 14.2 Å². The van der Waals surface area contributed by atoms with E-state index in [4.69, 9.17) is 14.2 Å². The second-order valence-electron chi connectivity index (χ2n) is 5.12. The minimum absolute atomic E-state index is 0.0282. The van der Waals surface area contributed by atoms with Crippen LogP contribution in [0.4, 0.5) is 0 Å². The Morgan fingerprint density at radius 1 is 1.00 bits per heavy atom. The first-order valence-electron chi connectivity index (χ1n) is 7.59. The quantitative estimate of drug-likeness (QED) is 0.789. The number of rotatable bonds is 6. The van der Waals surface area contributed by atoms with Gasteiger partial charge in [-0.3, -0.25) is 0 Å². The maximum Gasteiger partial charge on any atom is 0.246 e. The number of hydrogen-bond donors (Lipinski definition) is 0. The lowest BCUT2D eigenvalue weighted by Gasteiger charge is -2.15. The normalized spacial score (nSPS) is 14.9. The monoisotopic (exact) mass is 329 g/mol. The molecule has 0 fully saturated rings. The van der Waals surface area contributed by atoms with Gasteiger partial charge in [0.2, 0.25) is 5.23 Å². The van der Waals surface area contributed by atoms with Gasteiger partial charge in [0.15, 0.2) is 0 Å². The molecule has 4 nitrogen and oxygen atoms in total. The van der Waals surface area contributed by atoms with E-state index >= 15 is 0 Å². The molecule has 0 aliphatic carbocycles. The Morgan fingerprint density at radius 3 is 2.39 bits per heavy atom. The second-order valence-corrected chi connectivity index (χ2v) is 6.17. The van der Waals surface area contributed by atoms with Gasteiger partial charge in [0.1, 0.15) is 30.0 Å². The van der Waals surface area contributed by atoms with Crippen molar-refractivity contribution >= 4 is 17.0 Å². The van der Waals surface area contributed by atoms with Crippen molar-refractivity contribution in [3.8, 4) is 17.2 Å². The van der Waals surface area contributed by atoms with Crippen LogP contribution in [0.3, 0.4) is 0 Å². The van der Waals surface area contributed by atoms with Crippen LogP contribution in [0.15, 0.2) is 59.6 Å². The topological polar surface area (TPSA) is 40.0 Å². The number of para-hydroxylation sites is 1. The van der Waals surface area contributed by atoms with E-state index in [1.165, 1.54) is 0 Å². The highest BCUT2D eigenvalue weighted by molar-refractivity contribution is 8.13. The second kappa shape index (κ2) is 7.92. The maximum atomic E-state index is 5.75. The average molecular weight is 329 g/mol. The predicted octanol–water partition coefficient (Wildman–Crippen LogP) is 4.37. The summed E-state index contributed by atoms with van der Waals surface area (Å²) in [6.07, 6.45) is -0.0282. The smallest absolute Gasteiger partial charge is 0.246 e. The van der Waals surface area contributed by atoms with Crippen LogP contribution in [0.1, 0.15) is 6.92 Å². The number of hydrogen-bond acceptors (Lipinski definition) is 5. The number of thioether (sulfide) groups is 1. The summed E-state index contributed by atoms with van der Waals surface area (Å²) in [5.74, 6) is 3.40. The van der Waals surface area contributed by atoms with E-state index in [0.717, 1.165) is 34.8 Å². The number of nitrogens with zero attached hydrogens (tertiary/aromatic N) is 1. The summed E-state index contributed by atoms with van der Waals surface area (Å²) in [5, 5.41) is 0.771. The fraction of sp³-hybridized carbons (Fsp3) is 0.278. The van der Waals surface area contributed by atoms with Crippen LogP contribution >= 0.6 is 11.8 Å². The predicted molar refractivity (Wildman–Crippen MR) is 93.8 cm³/mol. The standard InChI is InChI=1S/C18H19NO3S/c1-14(21-18-19-11-12-23-18)13-20-15-7-9-17(10-8-15)22-16-5-3-2-4-6-16/h2-10,14H,11-13H2,1H3. The lowest BCUT2D eigenvalue weighted by molar-refractivity contribution is 0.138. The molecule has 1 heterocycles. The van der Waals surface area contributed by atoms with Crippen molar-refractivity contribution in [2.45, 2.75) is 13.0 Å². The van der Waals surface area contributed by atoms with Gasteiger partial charge in [-0.05, 0) is 43.3 Å². The van der Waals surface area contributed by atoms with Gasteiger partial charge in [-0.2, -0.15) is 0 Å². The van der Waals surface area contributed by atoms with E-state index in [1.807, 2.05) is 61.5 Å². The molecule has 3 rings (SSSR count). The summed E-state index contributed by atoms with van der Waals surface area (Å²) in [6.45, 7) is 3.31. The molecular weight excluding hydrogens is 310 g/mol. The Labute approximate surface area is 140 Å². The van der Waals surface area contributed by atoms with E-state index in [0.29, 0.717) is 6.61 Å². The van der Waals surface area contributed by atoms with Crippen LogP contribution in [0.2, 0.25) is 0 Å². The minimum Gasteiger partial charge on any atom is -0.490 e. The maximum absolute atomic E-state index is 5.75. The Kier molecular flexibility index (Phi) is 5.42. The Morgan fingerprint density at radius 2 is 1.70 bits per heavy atom. The molecule has 0 aromatic heterocycles. The zero-order chi connectivity index (χ0) is 15.9. The lowest BCUT2D eigenvalue weighted by Crippen LogP contribution is -2.20. The van der Waals surface area contributed by atoms with Gasteiger partial charge in [-0.25, -0.2) is 4.99 Å². The highest BCUT2D eigenvalue weighted by Crippen LogP contribution is 2.23. The van der Waals surface area contributed by atoms with Crippen LogP contribution in [0, 0.1) is 0 Å². The van der Waals surface area contributed by atoms with Crippen molar-refractivity contribution < 1.29 is 14.2 Å². The summed E-state index contributed by atoms with van der Waals surface area (Å²) in [7, 11) is 0. The van der Waals surface area contributed by atoms with Gasteiger partial charge >= 0.3 is 0 Å². The first-order valence-corrected chi connectivity index (χ1v) is 8.58. The molecule has 0 saturated heterocycles. The molecule has 0 spiro atoms. The fourth-order valence-electron chi connectivity index (χ4n) is 2.04. The fourth-order valence-corrected chi connectivity index (χ4v) is 2.81. The molecule has 0 bridgehead atoms. The van der Waals surface area contributed by atoms with Gasteiger partial charge in [0.25, 0.3) is 0 Å². The molecule has 0 radical (unpaired) electrons. The van der Waals surface area contributed by atoms with Crippen molar-refractivity contribution in [2.24, 2.45) is 4.99 Å². The SMILES string of the molecule is CC(COc1ccc(Oc2ccccc2)cc1)OC1=NCCS1. The van der Waals surface area contributed by atoms with Gasteiger partial charge in [0, 0.05) is 5.75 Å². The number of ether oxygens (including phenoxy) is 3. The molecule has 1 atom stereocenters. The third kappa shape index (κ3) is 4.93. The molecule has 1 unspecified atom stereocenters. The first-order chi connectivity index (χ1) is 11.3. The molecule has 2 aromatic rings. The summed E-state index contributed by atoms with van der Waals surface area (Å²) >= 11 is 1.65. The largest absolute Gasteiger partial charge is 0.490 e. The molecule has 0 saturated carbocycles. The summed E-state index contributed by atoms with van der Waals surface area (Å²) in [5.41, 5.74) is 0. The van der Waals surface area contributed by atoms with E-state index in [2.05, 4.69) is 4.99 Å². The average Bonchev–Trinajstić information content (AvgIpc) is 3.08. The summed E-state index contributed by atoms with van der Waals surface area (Å²) in [6, 6.07) is 17.3. The van der Waals surface area contributed by atoms with Crippen molar-refractivity contribution in [1.29, 1.82) is 0 Å². The molecule has 2 aromatic carbocycles. The third-order valence-electron chi connectivity index (χ3n) is 3.15. The van der Waals surface area contributed by atoms with E-state index in [1.54, 1.807) is 11.8 Å². The van der Waals surface area contributed by atoms with E-state index in [-0.39, 0.29) is 6.10 Å². The van der Waals surface area contributed by atoms with Gasteiger partial charge in [-0.1, -0.05) is 30.0 Å². The minimum atomic E-state index is -0.0282. The molecule has 23 heavy (non-hydrogen) atoms. The van der Waals surface area contributed by atoms with Crippen LogP contribution in [0.5, 0.6) is 17.2 Å². The van der Waals surface area contributed by atoms with Crippen molar-refractivity contribution in [1.82, 2.24) is 0 Å². The zero-order valence-corrected chi connectivity index (χ0v) is 13.8. The molecule has 0 N–H and O–H groups in total. The van der Waals surface area contributed by atoms with Gasteiger partial charge in [0.05, 0.1) is 6.54 Å². The highest BCUT2D eigenvalue weighted by atomic mass is 32.2. The van der Waals surface area contributed by atoms with Crippen molar-refractivity contribution in [3.05, 3.63) is 54.6 Å². The Bertz CT molecular complexity index is 643. The molecule has 0 amide bonds. The zero-order valence-electron chi connectivity index (χ0n) is 13.0. The van der Waals surface area contributed by atoms with Crippen LogP contribution < -0.4 is 9.47 Å². The van der Waals surface area contributed by atoms with Crippen LogP contribution in [-0.4, -0.2) is 30.2 Å². The molecular formula is C18H19NO3S. The number of benzene rings is 2. The Hall–Kier alpha value is -2.14. The molecule has 1 aliphatic rings. The van der Waals surface area contributed by atoms with Crippen LogP contribution in [0.25, 0.3) is 0 Å². The van der Waals surface area contributed by atoms with Crippen molar-refractivity contribution in [3.63, 3.8) is 0 Å². The molecule has 5 heteroatoms. The molecule has 1 aliphatic heterocycles. The first kappa shape index (κ1) is 15.7. The number of aliphatic imine (C=N–C) groups is 1. The summed E-state index contributed by atoms with van der Waals surface area (Å²) < 4.78 is 17.2. The van der Waals surface area contributed by atoms with Gasteiger partial charge in [-0.15, -0.1) is 0 Å². The lowest BCUT2D eigenvalue weighted by atomic mass is 10.3. The van der Waals surface area contributed by atoms with E-state index < -0.39 is 0 Å². The molecule has 120 valence electrons.